The van der Waals surface area contributed by atoms with Crippen molar-refractivity contribution in [2.24, 2.45) is 5.41 Å². The molecule has 1 spiro atoms. The van der Waals surface area contributed by atoms with E-state index in [1.54, 1.807) is 34.1 Å². The number of halogens is 2. The molecule has 0 saturated carbocycles. The van der Waals surface area contributed by atoms with Crippen LogP contribution in [0.5, 0.6) is 0 Å². The van der Waals surface area contributed by atoms with E-state index in [-0.39, 0.29) is 35.3 Å². The van der Waals surface area contributed by atoms with Gasteiger partial charge in [-0.05, 0) is 42.3 Å². The van der Waals surface area contributed by atoms with Crippen molar-refractivity contribution in [3.05, 3.63) is 65.7 Å². The minimum Gasteiger partial charge on any atom is -0.342 e. The summed E-state index contributed by atoms with van der Waals surface area (Å²) in [6.07, 6.45) is 1.33. The molecule has 6 heteroatoms. The molecular weight excluding hydrogens is 350 g/mol. The van der Waals surface area contributed by atoms with Crippen LogP contribution in [0.3, 0.4) is 0 Å². The second-order valence-corrected chi connectivity index (χ2v) is 7.51. The van der Waals surface area contributed by atoms with Crippen molar-refractivity contribution >= 4 is 17.5 Å². The van der Waals surface area contributed by atoms with E-state index in [0.717, 1.165) is 12.0 Å². The summed E-state index contributed by atoms with van der Waals surface area (Å²) in [6.45, 7) is 1.62. The van der Waals surface area contributed by atoms with E-state index < -0.39 is 0 Å². The van der Waals surface area contributed by atoms with Gasteiger partial charge in [-0.2, -0.15) is 0 Å². The largest absolute Gasteiger partial charge is 0.342 e. The molecule has 2 saturated heterocycles. The Morgan fingerprint density at radius 1 is 1.04 bits per heavy atom. The molecule has 0 unspecified atom stereocenters. The molecular formula is C21H20F2N2O2. The fourth-order valence-electron chi connectivity index (χ4n) is 4.09. The Labute approximate surface area is 156 Å². The lowest BCUT2D eigenvalue weighted by atomic mass is 9.86. The third-order valence-corrected chi connectivity index (χ3v) is 5.50. The zero-order valence-electron chi connectivity index (χ0n) is 14.8. The average Bonchev–Trinajstić information content (AvgIpc) is 3.20. The second kappa shape index (κ2) is 6.76. The maximum Gasteiger partial charge on any atom is 0.227 e. The molecule has 2 aromatic carbocycles. The summed E-state index contributed by atoms with van der Waals surface area (Å²) >= 11 is 0. The van der Waals surface area contributed by atoms with Crippen LogP contribution in [0.25, 0.3) is 0 Å². The number of carbonyl (C=O) groups excluding carboxylic acids is 2. The van der Waals surface area contributed by atoms with Crippen molar-refractivity contribution in [3.8, 4) is 0 Å². The summed E-state index contributed by atoms with van der Waals surface area (Å²) in [7, 11) is 0. The third-order valence-electron chi connectivity index (χ3n) is 5.50. The van der Waals surface area contributed by atoms with Gasteiger partial charge in [0.1, 0.15) is 11.6 Å². The molecule has 27 heavy (non-hydrogen) atoms. The molecule has 2 aromatic rings. The van der Waals surface area contributed by atoms with Crippen molar-refractivity contribution in [2.75, 3.05) is 24.5 Å². The van der Waals surface area contributed by atoms with E-state index in [0.29, 0.717) is 31.7 Å². The summed E-state index contributed by atoms with van der Waals surface area (Å²) in [4.78, 5) is 28.5. The van der Waals surface area contributed by atoms with Crippen molar-refractivity contribution < 1.29 is 18.4 Å². The van der Waals surface area contributed by atoms with E-state index >= 15 is 0 Å². The summed E-state index contributed by atoms with van der Waals surface area (Å²) < 4.78 is 26.5. The zero-order chi connectivity index (χ0) is 19.0. The Hall–Kier alpha value is -2.76. The summed E-state index contributed by atoms with van der Waals surface area (Å²) in [5.74, 6) is -0.749. The molecule has 2 fully saturated rings. The van der Waals surface area contributed by atoms with Crippen LogP contribution in [0, 0.1) is 17.0 Å². The van der Waals surface area contributed by atoms with E-state index in [2.05, 4.69) is 0 Å². The number of hydrogen-bond donors (Lipinski definition) is 0. The molecule has 0 radical (unpaired) electrons. The van der Waals surface area contributed by atoms with Crippen LogP contribution >= 0.6 is 0 Å². The van der Waals surface area contributed by atoms with E-state index in [1.807, 2.05) is 0 Å². The highest BCUT2D eigenvalue weighted by molar-refractivity contribution is 5.96. The van der Waals surface area contributed by atoms with Crippen LogP contribution in [0.15, 0.2) is 48.5 Å². The molecule has 0 N–H and O–H groups in total. The predicted molar refractivity (Wildman–Crippen MR) is 97.1 cm³/mol. The normalized spacial score (nSPS) is 22.1. The standard InChI is InChI=1S/C21H20F2N2O2/c22-16-6-4-15(5-7-16)10-19(26)24-9-8-21(13-24)12-20(27)25(14-21)18-3-1-2-17(23)11-18/h1-7,11H,8-10,12-14H2/t21-/m1/s1. The number of carbonyl (C=O) groups is 2. The number of hydrogen-bond acceptors (Lipinski definition) is 2. The minimum atomic E-state index is -0.372. The quantitative estimate of drug-likeness (QED) is 0.833. The molecule has 4 nitrogen and oxygen atoms in total. The summed E-state index contributed by atoms with van der Waals surface area (Å²) in [5.41, 5.74) is 1.06. The first kappa shape index (κ1) is 17.6. The van der Waals surface area contributed by atoms with Gasteiger partial charge >= 0.3 is 0 Å². The van der Waals surface area contributed by atoms with E-state index in [9.17, 15) is 18.4 Å². The molecule has 2 aliphatic heterocycles. The van der Waals surface area contributed by atoms with Gasteiger partial charge in [0.25, 0.3) is 0 Å². The number of nitrogens with zero attached hydrogens (tertiary/aromatic N) is 2. The highest BCUT2D eigenvalue weighted by atomic mass is 19.1. The topological polar surface area (TPSA) is 40.6 Å². The van der Waals surface area contributed by atoms with Crippen LogP contribution in [0.2, 0.25) is 0 Å². The smallest absolute Gasteiger partial charge is 0.227 e. The van der Waals surface area contributed by atoms with E-state index in [1.165, 1.54) is 24.3 Å². The van der Waals surface area contributed by atoms with Crippen LogP contribution < -0.4 is 4.90 Å². The Kier molecular flexibility index (Phi) is 4.42. The van der Waals surface area contributed by atoms with Gasteiger partial charge in [0.05, 0.1) is 6.42 Å². The summed E-state index contributed by atoms with van der Waals surface area (Å²) in [5, 5.41) is 0. The second-order valence-electron chi connectivity index (χ2n) is 7.51. The number of rotatable bonds is 3. The predicted octanol–water partition coefficient (Wildman–Crippen LogP) is 3.16. The zero-order valence-corrected chi connectivity index (χ0v) is 14.8. The minimum absolute atomic E-state index is 0.0184. The highest BCUT2D eigenvalue weighted by Crippen LogP contribution is 2.42. The van der Waals surface area contributed by atoms with Gasteiger partial charge < -0.3 is 9.80 Å². The summed E-state index contributed by atoms with van der Waals surface area (Å²) in [6, 6.07) is 12.0. The van der Waals surface area contributed by atoms with Gasteiger partial charge in [0.15, 0.2) is 0 Å². The van der Waals surface area contributed by atoms with E-state index in [4.69, 9.17) is 0 Å². The SMILES string of the molecule is O=C(Cc1ccc(F)cc1)N1CC[C@@]2(CC(=O)N(c3cccc(F)c3)C2)C1. The Bertz CT molecular complexity index is 884. The molecule has 2 aliphatic rings. The van der Waals surface area contributed by atoms with Crippen LogP contribution in [-0.2, 0) is 16.0 Å². The lowest BCUT2D eigenvalue weighted by molar-refractivity contribution is -0.130. The van der Waals surface area contributed by atoms with Crippen molar-refractivity contribution in [2.45, 2.75) is 19.3 Å². The molecule has 4 rings (SSSR count). The lowest BCUT2D eigenvalue weighted by Gasteiger charge is -2.24. The molecule has 2 heterocycles. The number of amides is 2. The molecule has 2 amide bonds. The first-order valence-corrected chi connectivity index (χ1v) is 9.02. The van der Waals surface area contributed by atoms with Crippen LogP contribution in [0.4, 0.5) is 14.5 Å². The maximum atomic E-state index is 13.5. The Morgan fingerprint density at radius 2 is 1.81 bits per heavy atom. The third kappa shape index (κ3) is 3.56. The van der Waals surface area contributed by atoms with Gasteiger partial charge in [-0.1, -0.05) is 18.2 Å². The van der Waals surface area contributed by atoms with Crippen LogP contribution in [0.1, 0.15) is 18.4 Å². The monoisotopic (exact) mass is 370 g/mol. The molecule has 0 bridgehead atoms. The lowest BCUT2D eigenvalue weighted by Crippen LogP contribution is -2.35. The van der Waals surface area contributed by atoms with Crippen molar-refractivity contribution in [1.82, 2.24) is 4.90 Å². The van der Waals surface area contributed by atoms with Crippen molar-refractivity contribution in [3.63, 3.8) is 0 Å². The Morgan fingerprint density at radius 3 is 2.56 bits per heavy atom. The first-order chi connectivity index (χ1) is 12.9. The van der Waals surface area contributed by atoms with Gasteiger partial charge in [-0.25, -0.2) is 8.78 Å². The van der Waals surface area contributed by atoms with Crippen molar-refractivity contribution in [1.29, 1.82) is 0 Å². The number of anilines is 1. The molecule has 0 aromatic heterocycles. The van der Waals surface area contributed by atoms with Gasteiger partial charge in [-0.15, -0.1) is 0 Å². The molecule has 1 atom stereocenters. The number of benzene rings is 2. The maximum absolute atomic E-state index is 13.5. The van der Waals surface area contributed by atoms with Gasteiger partial charge in [-0.3, -0.25) is 9.59 Å². The first-order valence-electron chi connectivity index (χ1n) is 9.02. The fourth-order valence-corrected chi connectivity index (χ4v) is 4.09. The molecule has 140 valence electrons. The van der Waals surface area contributed by atoms with Gasteiger partial charge in [0.2, 0.25) is 11.8 Å². The van der Waals surface area contributed by atoms with Gasteiger partial charge in [0, 0.05) is 37.2 Å². The molecule has 0 aliphatic carbocycles. The van der Waals surface area contributed by atoms with Crippen LogP contribution in [-0.4, -0.2) is 36.3 Å². The Balaban J connectivity index is 1.43. The fraction of sp³-hybridized carbons (Fsp3) is 0.333. The average molecular weight is 370 g/mol. The highest BCUT2D eigenvalue weighted by Gasteiger charge is 2.48. The number of likely N-dealkylation sites (tertiary alicyclic amines) is 1.